The number of sulfonamides is 1. The fourth-order valence-electron chi connectivity index (χ4n) is 4.62. The van der Waals surface area contributed by atoms with Gasteiger partial charge in [-0.15, -0.1) is 0 Å². The maximum atomic E-state index is 13.2. The van der Waals surface area contributed by atoms with Crippen molar-refractivity contribution in [3.8, 4) is 0 Å². The highest BCUT2D eigenvalue weighted by molar-refractivity contribution is 7.89. The SMILES string of the molecule is CO[C@@H]1CCC[C@@]12CCCN(S(=O)(=O)c1ccc3oc(=O)ccc3c1)C2. The second-order valence-corrected chi connectivity index (χ2v) is 9.31. The molecule has 1 spiro atoms. The predicted octanol–water partition coefficient (Wildman–Crippen LogP) is 2.76. The van der Waals surface area contributed by atoms with Gasteiger partial charge in [-0.25, -0.2) is 13.2 Å². The summed E-state index contributed by atoms with van der Waals surface area (Å²) in [4.78, 5) is 11.5. The van der Waals surface area contributed by atoms with E-state index in [2.05, 4.69) is 0 Å². The maximum Gasteiger partial charge on any atom is 0.336 e. The van der Waals surface area contributed by atoms with E-state index in [9.17, 15) is 13.2 Å². The van der Waals surface area contributed by atoms with Crippen LogP contribution in [0.3, 0.4) is 0 Å². The van der Waals surface area contributed by atoms with Crippen LogP contribution in [0, 0.1) is 5.41 Å². The van der Waals surface area contributed by atoms with Gasteiger partial charge >= 0.3 is 5.63 Å². The smallest absolute Gasteiger partial charge is 0.336 e. The Morgan fingerprint density at radius 3 is 2.81 bits per heavy atom. The van der Waals surface area contributed by atoms with E-state index in [-0.39, 0.29) is 16.4 Å². The molecule has 1 aliphatic heterocycles. The van der Waals surface area contributed by atoms with Crippen LogP contribution in [-0.4, -0.2) is 39.0 Å². The molecule has 4 rings (SSSR count). The van der Waals surface area contributed by atoms with Crippen LogP contribution < -0.4 is 5.63 Å². The molecule has 0 radical (unpaired) electrons. The van der Waals surface area contributed by atoms with Crippen molar-refractivity contribution in [3.05, 3.63) is 40.8 Å². The van der Waals surface area contributed by atoms with E-state index in [1.165, 1.54) is 12.1 Å². The van der Waals surface area contributed by atoms with Gasteiger partial charge < -0.3 is 9.15 Å². The van der Waals surface area contributed by atoms with Gasteiger partial charge in [0.1, 0.15) is 5.58 Å². The number of benzene rings is 1. The standard InChI is InChI=1S/C19H23NO5S/c1-24-17-4-2-9-19(17)10-3-11-20(13-19)26(22,23)15-6-7-16-14(12-15)5-8-18(21)25-16/h5-8,12,17H,2-4,9-11,13H2,1H3/t17-,19+/m1/s1. The normalized spacial score (nSPS) is 27.3. The van der Waals surface area contributed by atoms with E-state index in [1.807, 2.05) is 0 Å². The van der Waals surface area contributed by atoms with Crippen molar-refractivity contribution in [3.63, 3.8) is 0 Å². The first-order chi connectivity index (χ1) is 12.4. The highest BCUT2D eigenvalue weighted by Crippen LogP contribution is 2.47. The van der Waals surface area contributed by atoms with Crippen LogP contribution in [0.1, 0.15) is 32.1 Å². The first-order valence-electron chi connectivity index (χ1n) is 9.02. The molecule has 2 heterocycles. The van der Waals surface area contributed by atoms with Crippen LogP contribution in [0.4, 0.5) is 0 Å². The van der Waals surface area contributed by atoms with E-state index >= 15 is 0 Å². The molecule has 0 N–H and O–H groups in total. The zero-order chi connectivity index (χ0) is 18.4. The summed E-state index contributed by atoms with van der Waals surface area (Å²) in [6.07, 6.45) is 5.09. The average molecular weight is 377 g/mol. The molecule has 1 saturated heterocycles. The summed E-state index contributed by atoms with van der Waals surface area (Å²) in [7, 11) is -1.88. The van der Waals surface area contributed by atoms with Crippen molar-refractivity contribution in [1.29, 1.82) is 0 Å². The first-order valence-corrected chi connectivity index (χ1v) is 10.5. The zero-order valence-electron chi connectivity index (χ0n) is 14.8. The molecular formula is C19H23NO5S. The van der Waals surface area contributed by atoms with Gasteiger partial charge in [0.25, 0.3) is 0 Å². The van der Waals surface area contributed by atoms with Crippen LogP contribution in [0.2, 0.25) is 0 Å². The lowest BCUT2D eigenvalue weighted by Gasteiger charge is -2.43. The van der Waals surface area contributed by atoms with Crippen LogP contribution in [0.25, 0.3) is 11.0 Å². The first kappa shape index (κ1) is 17.7. The number of nitrogens with zero attached hydrogens (tertiary/aromatic N) is 1. The topological polar surface area (TPSA) is 76.8 Å². The average Bonchev–Trinajstić information content (AvgIpc) is 3.02. The Morgan fingerprint density at radius 2 is 2.00 bits per heavy atom. The van der Waals surface area contributed by atoms with Gasteiger partial charge in [-0.3, -0.25) is 0 Å². The Bertz CT molecular complexity index is 983. The van der Waals surface area contributed by atoms with Crippen molar-refractivity contribution in [2.24, 2.45) is 5.41 Å². The molecule has 7 heteroatoms. The summed E-state index contributed by atoms with van der Waals surface area (Å²) < 4.78 is 38.8. The predicted molar refractivity (Wildman–Crippen MR) is 97.6 cm³/mol. The van der Waals surface area contributed by atoms with Gasteiger partial charge in [-0.1, -0.05) is 6.42 Å². The molecule has 1 saturated carbocycles. The molecule has 1 aromatic heterocycles. The lowest BCUT2D eigenvalue weighted by Crippen LogP contribution is -2.49. The van der Waals surface area contributed by atoms with Gasteiger partial charge in [-0.2, -0.15) is 4.31 Å². The summed E-state index contributed by atoms with van der Waals surface area (Å²) in [5.41, 5.74) is -0.122. The van der Waals surface area contributed by atoms with E-state index < -0.39 is 15.6 Å². The number of rotatable bonds is 3. The second kappa shape index (κ2) is 6.48. The van der Waals surface area contributed by atoms with Crippen molar-refractivity contribution in [1.82, 2.24) is 4.31 Å². The van der Waals surface area contributed by atoms with E-state index in [0.29, 0.717) is 24.1 Å². The van der Waals surface area contributed by atoms with E-state index in [1.54, 1.807) is 29.6 Å². The van der Waals surface area contributed by atoms with Crippen LogP contribution >= 0.6 is 0 Å². The third-order valence-corrected chi connectivity index (χ3v) is 7.75. The summed E-state index contributed by atoms with van der Waals surface area (Å²) in [5, 5.41) is 0.605. The molecule has 140 valence electrons. The minimum atomic E-state index is -3.60. The van der Waals surface area contributed by atoms with E-state index in [0.717, 1.165) is 32.1 Å². The minimum Gasteiger partial charge on any atom is -0.423 e. The summed E-state index contributed by atoms with van der Waals surface area (Å²) in [6, 6.07) is 7.55. The number of fused-ring (bicyclic) bond motifs is 1. The fourth-order valence-corrected chi connectivity index (χ4v) is 6.23. The Labute approximate surface area is 152 Å². The Morgan fingerprint density at radius 1 is 1.19 bits per heavy atom. The highest BCUT2D eigenvalue weighted by Gasteiger charge is 2.48. The van der Waals surface area contributed by atoms with Crippen molar-refractivity contribution < 1.29 is 17.6 Å². The molecule has 26 heavy (non-hydrogen) atoms. The second-order valence-electron chi connectivity index (χ2n) is 7.38. The van der Waals surface area contributed by atoms with Crippen LogP contribution in [-0.2, 0) is 14.8 Å². The van der Waals surface area contributed by atoms with Crippen molar-refractivity contribution >= 4 is 21.0 Å². The molecule has 6 nitrogen and oxygen atoms in total. The molecule has 0 bridgehead atoms. The highest BCUT2D eigenvalue weighted by atomic mass is 32.2. The summed E-state index contributed by atoms with van der Waals surface area (Å²) in [5.74, 6) is 0. The fraction of sp³-hybridized carbons (Fsp3) is 0.526. The number of methoxy groups -OCH3 is 1. The third-order valence-electron chi connectivity index (χ3n) is 5.91. The van der Waals surface area contributed by atoms with Gasteiger partial charge in [0.05, 0.1) is 11.0 Å². The lowest BCUT2D eigenvalue weighted by molar-refractivity contribution is -0.0184. The monoisotopic (exact) mass is 377 g/mol. The number of hydrogen-bond donors (Lipinski definition) is 0. The van der Waals surface area contributed by atoms with Gasteiger partial charge in [0.15, 0.2) is 0 Å². The number of piperidine rings is 1. The minimum absolute atomic E-state index is 0.0658. The quantitative estimate of drug-likeness (QED) is 0.769. The Hall–Kier alpha value is -1.70. The Kier molecular flexibility index (Phi) is 4.41. The van der Waals surface area contributed by atoms with Crippen LogP contribution in [0.5, 0.6) is 0 Å². The summed E-state index contributed by atoms with van der Waals surface area (Å²) >= 11 is 0. The molecule has 2 atom stereocenters. The molecular weight excluding hydrogens is 354 g/mol. The summed E-state index contributed by atoms with van der Waals surface area (Å²) in [6.45, 7) is 1.04. The molecule has 0 amide bonds. The number of ether oxygens (including phenoxy) is 1. The van der Waals surface area contributed by atoms with Crippen molar-refractivity contribution in [2.75, 3.05) is 20.2 Å². The van der Waals surface area contributed by atoms with Gasteiger partial charge in [-0.05, 0) is 49.9 Å². The van der Waals surface area contributed by atoms with E-state index in [4.69, 9.17) is 9.15 Å². The van der Waals surface area contributed by atoms with Gasteiger partial charge in [0.2, 0.25) is 10.0 Å². The van der Waals surface area contributed by atoms with Crippen molar-refractivity contribution in [2.45, 2.75) is 43.1 Å². The lowest BCUT2D eigenvalue weighted by atomic mass is 9.77. The molecule has 0 unspecified atom stereocenters. The molecule has 1 aromatic carbocycles. The van der Waals surface area contributed by atoms with Crippen LogP contribution in [0.15, 0.2) is 44.4 Å². The Balaban J connectivity index is 1.68. The molecule has 2 aliphatic rings. The largest absolute Gasteiger partial charge is 0.423 e. The zero-order valence-corrected chi connectivity index (χ0v) is 15.6. The number of hydrogen-bond acceptors (Lipinski definition) is 5. The van der Waals surface area contributed by atoms with Gasteiger partial charge in [0, 0.05) is 37.1 Å². The molecule has 2 fully saturated rings. The molecule has 1 aliphatic carbocycles. The maximum absolute atomic E-state index is 13.2. The third kappa shape index (κ3) is 2.88. The molecule has 2 aromatic rings.